The standard InChI is InChI=1S/C16H25N2/c1-3-4-5-9-12-18(14-17)13-15(2)16-10-7-6-8-11-16/h6-8,10-11,15,17H,3-5,9,12-13H2,1-2H3/q+1. The van der Waals surface area contributed by atoms with Gasteiger partial charge in [0.2, 0.25) is 0 Å². The molecule has 0 aromatic heterocycles. The largest absolute Gasteiger partial charge is 0.303 e. The van der Waals surface area contributed by atoms with Crippen LogP contribution in [-0.2, 0) is 0 Å². The summed E-state index contributed by atoms with van der Waals surface area (Å²) < 4.78 is 2.01. The van der Waals surface area contributed by atoms with Gasteiger partial charge in [0.15, 0.2) is 0 Å². The molecule has 0 saturated carbocycles. The lowest BCUT2D eigenvalue weighted by Crippen LogP contribution is -2.18. The summed E-state index contributed by atoms with van der Waals surface area (Å²) in [5.74, 6) is 0.454. The number of rotatable bonds is 8. The third-order valence-electron chi connectivity index (χ3n) is 3.30. The summed E-state index contributed by atoms with van der Waals surface area (Å²) >= 11 is 0. The predicted molar refractivity (Wildman–Crippen MR) is 76.7 cm³/mol. The van der Waals surface area contributed by atoms with Gasteiger partial charge in [-0.25, -0.2) is 4.58 Å². The van der Waals surface area contributed by atoms with Gasteiger partial charge in [0.05, 0.1) is 13.1 Å². The molecule has 2 nitrogen and oxygen atoms in total. The number of unbranched alkanes of at least 4 members (excludes halogenated alkanes) is 3. The number of benzene rings is 1. The van der Waals surface area contributed by atoms with Gasteiger partial charge in [0, 0.05) is 5.92 Å². The highest BCUT2D eigenvalue weighted by Gasteiger charge is 2.10. The van der Waals surface area contributed by atoms with E-state index >= 15 is 0 Å². The third kappa shape index (κ3) is 5.29. The van der Waals surface area contributed by atoms with Crippen molar-refractivity contribution in [1.29, 1.82) is 5.41 Å². The number of hydrogen-bond acceptors (Lipinski definition) is 1. The van der Waals surface area contributed by atoms with Gasteiger partial charge in [-0.3, -0.25) is 0 Å². The first-order valence-electron chi connectivity index (χ1n) is 7.00. The lowest BCUT2D eigenvalue weighted by atomic mass is 10.0. The molecule has 0 fully saturated rings. The van der Waals surface area contributed by atoms with Gasteiger partial charge in [-0.1, -0.05) is 62.4 Å². The van der Waals surface area contributed by atoms with E-state index in [1.165, 1.54) is 31.2 Å². The topological polar surface area (TPSA) is 26.9 Å². The van der Waals surface area contributed by atoms with E-state index in [-0.39, 0.29) is 0 Å². The Morgan fingerprint density at radius 2 is 1.89 bits per heavy atom. The molecule has 0 amide bonds. The highest BCUT2D eigenvalue weighted by molar-refractivity contribution is 5.28. The van der Waals surface area contributed by atoms with Crippen LogP contribution in [0.4, 0.5) is 0 Å². The normalized spacial score (nSPS) is 11.9. The van der Waals surface area contributed by atoms with Crippen molar-refractivity contribution in [1.82, 2.24) is 0 Å². The first kappa shape index (κ1) is 14.7. The van der Waals surface area contributed by atoms with Crippen LogP contribution in [0.2, 0.25) is 0 Å². The van der Waals surface area contributed by atoms with Crippen LogP contribution in [0, 0.1) is 5.41 Å². The summed E-state index contributed by atoms with van der Waals surface area (Å²) in [5.41, 5.74) is 1.34. The van der Waals surface area contributed by atoms with Gasteiger partial charge in [-0.2, -0.15) is 0 Å². The summed E-state index contributed by atoms with van der Waals surface area (Å²) in [6.45, 7) is 6.28. The fraction of sp³-hybridized carbons (Fsp3) is 0.562. The molecule has 0 aliphatic heterocycles. The Labute approximate surface area is 111 Å². The Morgan fingerprint density at radius 1 is 1.17 bits per heavy atom. The Bertz CT molecular complexity index is 377. The molecule has 0 radical (unpaired) electrons. The maximum absolute atomic E-state index is 7.37. The van der Waals surface area contributed by atoms with Crippen molar-refractivity contribution >= 4 is 6.01 Å². The second-order valence-corrected chi connectivity index (χ2v) is 4.93. The van der Waals surface area contributed by atoms with E-state index in [0.717, 1.165) is 13.1 Å². The van der Waals surface area contributed by atoms with Gasteiger partial charge in [-0.05, 0) is 18.4 Å². The molecule has 98 valence electrons. The highest BCUT2D eigenvalue weighted by atomic mass is 15.0. The van der Waals surface area contributed by atoms with Gasteiger partial charge >= 0.3 is 6.01 Å². The zero-order chi connectivity index (χ0) is 13.2. The maximum atomic E-state index is 7.37. The molecule has 1 unspecified atom stereocenters. The molecule has 1 aromatic carbocycles. The van der Waals surface area contributed by atoms with E-state index in [1.54, 1.807) is 0 Å². The smallest absolute Gasteiger partial charge is 0.220 e. The predicted octanol–water partition coefficient (Wildman–Crippen LogP) is 4.14. The van der Waals surface area contributed by atoms with Crippen molar-refractivity contribution in [3.63, 3.8) is 0 Å². The van der Waals surface area contributed by atoms with E-state index in [0.29, 0.717) is 5.92 Å². The second-order valence-electron chi connectivity index (χ2n) is 4.93. The van der Waals surface area contributed by atoms with E-state index < -0.39 is 0 Å². The lowest BCUT2D eigenvalue weighted by Gasteiger charge is -2.11. The van der Waals surface area contributed by atoms with Crippen molar-refractivity contribution in [2.24, 2.45) is 0 Å². The van der Waals surface area contributed by atoms with Crippen LogP contribution in [0.25, 0.3) is 0 Å². The van der Waals surface area contributed by atoms with Crippen LogP contribution in [0.5, 0.6) is 0 Å². The van der Waals surface area contributed by atoms with Crippen molar-refractivity contribution in [3.8, 4) is 0 Å². The Morgan fingerprint density at radius 3 is 2.50 bits per heavy atom. The van der Waals surface area contributed by atoms with E-state index in [2.05, 4.69) is 44.1 Å². The minimum absolute atomic E-state index is 0.454. The minimum atomic E-state index is 0.454. The van der Waals surface area contributed by atoms with Crippen molar-refractivity contribution in [3.05, 3.63) is 35.9 Å². The first-order chi connectivity index (χ1) is 8.77. The minimum Gasteiger partial charge on any atom is -0.220 e. The molecule has 0 aliphatic carbocycles. The zero-order valence-electron chi connectivity index (χ0n) is 11.7. The Kier molecular flexibility index (Phi) is 7.05. The average molecular weight is 245 g/mol. The summed E-state index contributed by atoms with van der Waals surface area (Å²) in [6, 6.07) is 13.1. The molecule has 0 bridgehead atoms. The molecule has 1 N–H and O–H groups in total. The van der Waals surface area contributed by atoms with E-state index in [9.17, 15) is 0 Å². The molecular weight excluding hydrogens is 220 g/mol. The van der Waals surface area contributed by atoms with Crippen molar-refractivity contribution < 1.29 is 4.58 Å². The molecule has 0 heterocycles. The molecule has 0 saturated heterocycles. The fourth-order valence-electron chi connectivity index (χ4n) is 2.14. The summed E-state index contributed by atoms with van der Waals surface area (Å²) in [4.78, 5) is 0. The van der Waals surface area contributed by atoms with Crippen LogP contribution in [0.3, 0.4) is 0 Å². The highest BCUT2D eigenvalue weighted by Crippen LogP contribution is 2.14. The summed E-state index contributed by atoms with van der Waals surface area (Å²) in [5, 5.41) is 7.37. The monoisotopic (exact) mass is 245 g/mol. The Hall–Kier alpha value is -1.40. The molecule has 0 aliphatic rings. The Balaban J connectivity index is 2.42. The van der Waals surface area contributed by atoms with Crippen LogP contribution in [-0.4, -0.2) is 23.7 Å². The van der Waals surface area contributed by atoms with Gasteiger partial charge in [0.25, 0.3) is 0 Å². The summed E-state index contributed by atoms with van der Waals surface area (Å²) in [6.07, 6.45) is 4.98. The molecular formula is C16H25N2+. The van der Waals surface area contributed by atoms with E-state index in [1.807, 2.05) is 10.6 Å². The van der Waals surface area contributed by atoms with Crippen LogP contribution in [0.15, 0.2) is 30.3 Å². The average Bonchev–Trinajstić information content (AvgIpc) is 2.43. The van der Waals surface area contributed by atoms with Crippen molar-refractivity contribution in [2.45, 2.75) is 45.4 Å². The fourth-order valence-corrected chi connectivity index (χ4v) is 2.14. The zero-order valence-corrected chi connectivity index (χ0v) is 11.7. The molecule has 2 heteroatoms. The SMILES string of the molecule is CCCCCC[N+](=C=N)CC(C)c1ccccc1. The molecule has 0 spiro atoms. The summed E-state index contributed by atoms with van der Waals surface area (Å²) in [7, 11) is 0. The number of nitrogens with zero attached hydrogens (tertiary/aromatic N) is 1. The van der Waals surface area contributed by atoms with E-state index in [4.69, 9.17) is 5.41 Å². The molecule has 1 atom stereocenters. The molecule has 1 rings (SSSR count). The lowest BCUT2D eigenvalue weighted by molar-refractivity contribution is -0.525. The van der Waals surface area contributed by atoms with Gasteiger partial charge in [-0.15, -0.1) is 0 Å². The third-order valence-corrected chi connectivity index (χ3v) is 3.30. The molecule has 1 aromatic rings. The van der Waals surface area contributed by atoms with Gasteiger partial charge in [0.1, 0.15) is 0 Å². The van der Waals surface area contributed by atoms with Gasteiger partial charge < -0.3 is 0 Å². The number of nitrogens with one attached hydrogen (secondary N) is 1. The van der Waals surface area contributed by atoms with Crippen LogP contribution in [0.1, 0.15) is 51.0 Å². The maximum Gasteiger partial charge on any atom is 0.303 e. The van der Waals surface area contributed by atoms with Crippen LogP contribution >= 0.6 is 0 Å². The number of hydrogen-bond donors (Lipinski definition) is 1. The van der Waals surface area contributed by atoms with Crippen LogP contribution < -0.4 is 0 Å². The van der Waals surface area contributed by atoms with Crippen molar-refractivity contribution in [2.75, 3.05) is 13.1 Å². The first-order valence-corrected chi connectivity index (χ1v) is 7.00. The molecule has 18 heavy (non-hydrogen) atoms. The quantitative estimate of drug-likeness (QED) is 0.405. The second kappa shape index (κ2) is 8.66.